The van der Waals surface area contributed by atoms with Crippen LogP contribution in [0.15, 0.2) is 53.0 Å². The maximum Gasteiger partial charge on any atom is 0.123 e. The van der Waals surface area contributed by atoms with Gasteiger partial charge >= 0.3 is 0 Å². The van der Waals surface area contributed by atoms with Gasteiger partial charge in [0, 0.05) is 4.47 Å². The van der Waals surface area contributed by atoms with E-state index in [0.29, 0.717) is 6.61 Å². The second-order valence-corrected chi connectivity index (χ2v) is 4.80. The largest absolute Gasteiger partial charge is 0.489 e. The van der Waals surface area contributed by atoms with Crippen LogP contribution in [0.5, 0.6) is 5.75 Å². The Kier molecular flexibility index (Phi) is 7.27. The Balaban J connectivity index is 0.000000861. The van der Waals surface area contributed by atoms with E-state index in [4.69, 9.17) is 4.74 Å². The van der Waals surface area contributed by atoms with Crippen molar-refractivity contribution in [1.29, 1.82) is 0 Å². The zero-order chi connectivity index (χ0) is 14.1. The van der Waals surface area contributed by atoms with Crippen molar-refractivity contribution in [3.05, 3.63) is 64.1 Å². The number of hydrogen-bond acceptors (Lipinski definition) is 1. The minimum Gasteiger partial charge on any atom is -0.489 e. The number of hydrogen-bond donors (Lipinski definition) is 0. The van der Waals surface area contributed by atoms with Crippen LogP contribution in [0.3, 0.4) is 0 Å². The third-order valence-electron chi connectivity index (χ3n) is 2.64. The van der Waals surface area contributed by atoms with E-state index >= 15 is 0 Å². The minimum absolute atomic E-state index is 0.621. The number of halogens is 1. The minimum atomic E-state index is 0.621. The van der Waals surface area contributed by atoms with Gasteiger partial charge in [0.05, 0.1) is 0 Å². The van der Waals surface area contributed by atoms with E-state index in [1.54, 1.807) is 0 Å². The fraction of sp³-hybridized carbons (Fsp3) is 0.294. The van der Waals surface area contributed by atoms with Gasteiger partial charge in [0.25, 0.3) is 0 Å². The highest BCUT2D eigenvalue weighted by atomic mass is 79.9. The average Bonchev–Trinajstić information content (AvgIpc) is 2.49. The Morgan fingerprint density at radius 2 is 1.68 bits per heavy atom. The molecule has 0 spiro atoms. The van der Waals surface area contributed by atoms with Gasteiger partial charge in [0.1, 0.15) is 12.4 Å². The molecule has 0 unspecified atom stereocenters. The van der Waals surface area contributed by atoms with Crippen LogP contribution in [0.25, 0.3) is 0 Å². The molecular weight excluding hydrogens is 300 g/mol. The third-order valence-corrected chi connectivity index (χ3v) is 3.13. The molecule has 0 aliphatic rings. The smallest absolute Gasteiger partial charge is 0.123 e. The van der Waals surface area contributed by atoms with Crippen molar-refractivity contribution in [3.63, 3.8) is 0 Å². The summed E-state index contributed by atoms with van der Waals surface area (Å²) in [6.07, 6.45) is 0.976. The molecular formula is C17H21BrO. The SMILES string of the molecule is CC.CCc1cc(Br)ccc1OCc1ccccc1. The fourth-order valence-corrected chi connectivity index (χ4v) is 2.11. The van der Waals surface area contributed by atoms with E-state index in [1.165, 1.54) is 11.1 Å². The van der Waals surface area contributed by atoms with Crippen molar-refractivity contribution in [2.45, 2.75) is 33.8 Å². The summed E-state index contributed by atoms with van der Waals surface area (Å²) in [6.45, 7) is 6.76. The average molecular weight is 321 g/mol. The van der Waals surface area contributed by atoms with Crippen LogP contribution >= 0.6 is 15.9 Å². The van der Waals surface area contributed by atoms with Gasteiger partial charge in [-0.05, 0) is 35.7 Å². The zero-order valence-electron chi connectivity index (χ0n) is 11.8. The van der Waals surface area contributed by atoms with Crippen molar-refractivity contribution in [3.8, 4) is 5.75 Å². The van der Waals surface area contributed by atoms with Gasteiger partial charge in [-0.3, -0.25) is 0 Å². The van der Waals surface area contributed by atoms with E-state index in [-0.39, 0.29) is 0 Å². The number of benzene rings is 2. The standard InChI is InChI=1S/C15H15BrO.C2H6/c1-2-13-10-14(16)8-9-15(13)17-11-12-6-4-3-5-7-12;1-2/h3-10H,2,11H2,1H3;1-2H3. The Bertz CT molecular complexity index is 480. The lowest BCUT2D eigenvalue weighted by atomic mass is 10.1. The quantitative estimate of drug-likeness (QED) is 0.710. The van der Waals surface area contributed by atoms with E-state index in [1.807, 2.05) is 44.2 Å². The Labute approximate surface area is 124 Å². The molecule has 2 heteroatoms. The number of ether oxygens (including phenoxy) is 1. The van der Waals surface area contributed by atoms with Gasteiger partial charge in [-0.1, -0.05) is 67.0 Å². The normalized spacial score (nSPS) is 9.47. The zero-order valence-corrected chi connectivity index (χ0v) is 13.4. The van der Waals surface area contributed by atoms with Crippen molar-refractivity contribution in [1.82, 2.24) is 0 Å². The summed E-state index contributed by atoms with van der Waals surface area (Å²) in [4.78, 5) is 0. The van der Waals surface area contributed by atoms with E-state index in [0.717, 1.165) is 16.6 Å². The Morgan fingerprint density at radius 3 is 2.32 bits per heavy atom. The molecule has 19 heavy (non-hydrogen) atoms. The van der Waals surface area contributed by atoms with Gasteiger partial charge in [-0.15, -0.1) is 0 Å². The van der Waals surface area contributed by atoms with E-state index < -0.39 is 0 Å². The van der Waals surface area contributed by atoms with Crippen molar-refractivity contribution < 1.29 is 4.74 Å². The Morgan fingerprint density at radius 1 is 1.00 bits per heavy atom. The summed E-state index contributed by atoms with van der Waals surface area (Å²) in [7, 11) is 0. The summed E-state index contributed by atoms with van der Waals surface area (Å²) >= 11 is 3.48. The molecule has 102 valence electrons. The van der Waals surface area contributed by atoms with Gasteiger partial charge in [0.15, 0.2) is 0 Å². The van der Waals surface area contributed by atoms with Gasteiger partial charge in [-0.2, -0.15) is 0 Å². The molecule has 0 amide bonds. The predicted molar refractivity (Wildman–Crippen MR) is 85.6 cm³/mol. The second-order valence-electron chi connectivity index (χ2n) is 3.88. The van der Waals surface area contributed by atoms with Crippen LogP contribution in [0.2, 0.25) is 0 Å². The molecule has 0 N–H and O–H groups in total. The van der Waals surface area contributed by atoms with E-state index in [9.17, 15) is 0 Å². The number of rotatable bonds is 4. The molecule has 2 rings (SSSR count). The molecule has 0 atom stereocenters. The highest BCUT2D eigenvalue weighted by Gasteiger charge is 2.03. The van der Waals surface area contributed by atoms with Crippen LogP contribution in [0.4, 0.5) is 0 Å². The molecule has 2 aromatic carbocycles. The molecule has 0 radical (unpaired) electrons. The summed E-state index contributed by atoms with van der Waals surface area (Å²) in [5.74, 6) is 0.972. The second kappa shape index (κ2) is 8.76. The highest BCUT2D eigenvalue weighted by Crippen LogP contribution is 2.24. The molecule has 2 aromatic rings. The first-order valence-corrected chi connectivity index (χ1v) is 7.54. The van der Waals surface area contributed by atoms with Crippen LogP contribution < -0.4 is 4.74 Å². The summed E-state index contributed by atoms with van der Waals surface area (Å²) in [5, 5.41) is 0. The van der Waals surface area contributed by atoms with Gasteiger partial charge < -0.3 is 4.74 Å². The lowest BCUT2D eigenvalue weighted by molar-refractivity contribution is 0.303. The summed E-state index contributed by atoms with van der Waals surface area (Å²) in [5.41, 5.74) is 2.42. The lowest BCUT2D eigenvalue weighted by Gasteiger charge is -2.10. The lowest BCUT2D eigenvalue weighted by Crippen LogP contribution is -1.98. The number of aryl methyl sites for hydroxylation is 1. The molecule has 0 saturated carbocycles. The van der Waals surface area contributed by atoms with Crippen molar-refractivity contribution in [2.24, 2.45) is 0 Å². The van der Waals surface area contributed by atoms with Crippen molar-refractivity contribution in [2.75, 3.05) is 0 Å². The first-order valence-electron chi connectivity index (χ1n) is 6.74. The maximum absolute atomic E-state index is 5.85. The molecule has 0 fully saturated rings. The molecule has 0 heterocycles. The molecule has 0 bridgehead atoms. The summed E-state index contributed by atoms with van der Waals surface area (Å²) < 4.78 is 6.95. The summed E-state index contributed by atoms with van der Waals surface area (Å²) in [6, 6.07) is 16.4. The first-order chi connectivity index (χ1) is 9.29. The molecule has 0 aliphatic heterocycles. The molecule has 0 aromatic heterocycles. The molecule has 0 aliphatic carbocycles. The van der Waals surface area contributed by atoms with Crippen LogP contribution in [0.1, 0.15) is 31.9 Å². The van der Waals surface area contributed by atoms with Gasteiger partial charge in [0.2, 0.25) is 0 Å². The van der Waals surface area contributed by atoms with Crippen molar-refractivity contribution >= 4 is 15.9 Å². The molecule has 0 saturated heterocycles. The van der Waals surface area contributed by atoms with E-state index in [2.05, 4.69) is 41.1 Å². The maximum atomic E-state index is 5.85. The van der Waals surface area contributed by atoms with Gasteiger partial charge in [-0.25, -0.2) is 0 Å². The Hall–Kier alpha value is -1.28. The topological polar surface area (TPSA) is 9.23 Å². The van der Waals surface area contributed by atoms with Crippen LogP contribution in [-0.4, -0.2) is 0 Å². The monoisotopic (exact) mass is 320 g/mol. The molecule has 1 nitrogen and oxygen atoms in total. The van der Waals surface area contributed by atoms with Crippen LogP contribution in [-0.2, 0) is 13.0 Å². The highest BCUT2D eigenvalue weighted by molar-refractivity contribution is 9.10. The first kappa shape index (κ1) is 15.8. The van der Waals surface area contributed by atoms with Crippen LogP contribution in [0, 0.1) is 0 Å². The fourth-order valence-electron chi connectivity index (χ4n) is 1.70. The third kappa shape index (κ3) is 5.07. The predicted octanol–water partition coefficient (Wildman–Crippen LogP) is 5.62.